The number of carbonyl (C=O) groups excluding carboxylic acids is 2. The summed E-state index contributed by atoms with van der Waals surface area (Å²) in [4.78, 5) is 22.5. The van der Waals surface area contributed by atoms with Crippen molar-refractivity contribution in [3.63, 3.8) is 0 Å². The van der Waals surface area contributed by atoms with Crippen LogP contribution >= 0.6 is 0 Å². The van der Waals surface area contributed by atoms with Crippen LogP contribution in [-0.2, 0) is 9.59 Å². The van der Waals surface area contributed by atoms with Crippen LogP contribution < -0.4 is 16.4 Å². The van der Waals surface area contributed by atoms with E-state index in [0.29, 0.717) is 18.8 Å². The van der Waals surface area contributed by atoms with E-state index < -0.39 is 11.8 Å². The lowest BCUT2D eigenvalue weighted by atomic mass is 10.2. The van der Waals surface area contributed by atoms with Crippen molar-refractivity contribution in [1.29, 1.82) is 0 Å². The molecule has 0 aliphatic carbocycles. The molecule has 5 heteroatoms. The molecule has 5 nitrogen and oxygen atoms in total. The van der Waals surface area contributed by atoms with E-state index in [0.717, 1.165) is 5.56 Å². The third kappa shape index (κ3) is 3.70. The summed E-state index contributed by atoms with van der Waals surface area (Å²) in [5.74, 6) is -1.36. The van der Waals surface area contributed by atoms with Gasteiger partial charge in [-0.1, -0.05) is 17.7 Å². The minimum absolute atomic E-state index is 0.292. The molecule has 1 aromatic rings. The van der Waals surface area contributed by atoms with Gasteiger partial charge in [0.2, 0.25) is 0 Å². The summed E-state index contributed by atoms with van der Waals surface area (Å²) in [5.41, 5.74) is 6.88. The Morgan fingerprint density at radius 3 is 2.38 bits per heavy atom. The van der Waals surface area contributed by atoms with Gasteiger partial charge in [0.05, 0.1) is 0 Å². The average Bonchev–Trinajstić information content (AvgIpc) is 2.29. The molecule has 0 fully saturated rings. The maximum atomic E-state index is 11.3. The predicted molar refractivity (Wildman–Crippen MR) is 61.9 cm³/mol. The lowest BCUT2D eigenvalue weighted by Gasteiger charge is -2.05. The van der Waals surface area contributed by atoms with Crippen LogP contribution in [0.15, 0.2) is 24.3 Å². The molecule has 0 aliphatic rings. The van der Waals surface area contributed by atoms with E-state index in [9.17, 15) is 9.59 Å². The summed E-state index contributed by atoms with van der Waals surface area (Å²) in [6.07, 6.45) is 0. The van der Waals surface area contributed by atoms with E-state index in [1.54, 1.807) is 12.1 Å². The number of aryl methyl sites for hydroxylation is 1. The smallest absolute Gasteiger partial charge is 0.313 e. The molecule has 2 amide bonds. The number of nitrogens with one attached hydrogen (secondary N) is 2. The highest BCUT2D eigenvalue weighted by atomic mass is 16.2. The van der Waals surface area contributed by atoms with Crippen LogP contribution in [0, 0.1) is 6.92 Å². The van der Waals surface area contributed by atoms with Gasteiger partial charge in [-0.25, -0.2) is 0 Å². The standard InChI is InChI=1S/C11H15N3O2/c1-8-2-4-9(5-3-8)14-11(16)10(15)13-7-6-12/h2-5H,6-7,12H2,1H3,(H,13,15)(H,14,16). The van der Waals surface area contributed by atoms with E-state index in [1.165, 1.54) is 0 Å². The molecule has 0 aliphatic heterocycles. The minimum atomic E-state index is -0.683. The fraction of sp³-hybridized carbons (Fsp3) is 0.273. The van der Waals surface area contributed by atoms with Gasteiger partial charge in [0, 0.05) is 18.8 Å². The van der Waals surface area contributed by atoms with Gasteiger partial charge in [0.15, 0.2) is 0 Å². The molecule has 0 aromatic heterocycles. The number of anilines is 1. The molecule has 86 valence electrons. The van der Waals surface area contributed by atoms with Gasteiger partial charge >= 0.3 is 11.8 Å². The Morgan fingerprint density at radius 2 is 1.81 bits per heavy atom. The molecule has 0 saturated heterocycles. The lowest BCUT2D eigenvalue weighted by Crippen LogP contribution is -2.37. The summed E-state index contributed by atoms with van der Waals surface area (Å²) in [6, 6.07) is 7.19. The van der Waals surface area contributed by atoms with Crippen molar-refractivity contribution in [2.75, 3.05) is 18.4 Å². The van der Waals surface area contributed by atoms with Crippen LogP contribution in [0.5, 0.6) is 0 Å². The molecule has 16 heavy (non-hydrogen) atoms. The lowest BCUT2D eigenvalue weighted by molar-refractivity contribution is -0.136. The first-order chi connectivity index (χ1) is 7.63. The van der Waals surface area contributed by atoms with Gasteiger partial charge in [-0.3, -0.25) is 9.59 Å². The second kappa shape index (κ2) is 5.87. The van der Waals surface area contributed by atoms with Crippen LogP contribution in [0.2, 0.25) is 0 Å². The predicted octanol–water partition coefficient (Wildman–Crippen LogP) is 0.00842. The average molecular weight is 221 g/mol. The van der Waals surface area contributed by atoms with Crippen molar-refractivity contribution in [2.45, 2.75) is 6.92 Å². The topological polar surface area (TPSA) is 84.2 Å². The van der Waals surface area contributed by atoms with Gasteiger partial charge in [-0.2, -0.15) is 0 Å². The molecule has 0 unspecified atom stereocenters. The first kappa shape index (κ1) is 12.2. The highest BCUT2D eigenvalue weighted by Crippen LogP contribution is 2.07. The summed E-state index contributed by atoms with van der Waals surface area (Å²) in [7, 11) is 0. The first-order valence-corrected chi connectivity index (χ1v) is 4.99. The maximum absolute atomic E-state index is 11.3. The van der Waals surface area contributed by atoms with Gasteiger partial charge in [-0.15, -0.1) is 0 Å². The SMILES string of the molecule is Cc1ccc(NC(=O)C(=O)NCCN)cc1. The molecule has 1 rings (SSSR count). The van der Waals surface area contributed by atoms with Gasteiger partial charge in [0.25, 0.3) is 0 Å². The number of hydrogen-bond acceptors (Lipinski definition) is 3. The second-order valence-corrected chi connectivity index (χ2v) is 3.36. The summed E-state index contributed by atoms with van der Waals surface area (Å²) in [6.45, 7) is 2.54. The van der Waals surface area contributed by atoms with E-state index in [4.69, 9.17) is 5.73 Å². The number of hydrogen-bond donors (Lipinski definition) is 3. The van der Waals surface area contributed by atoms with Crippen molar-refractivity contribution in [3.05, 3.63) is 29.8 Å². The first-order valence-electron chi connectivity index (χ1n) is 4.99. The van der Waals surface area contributed by atoms with E-state index in [2.05, 4.69) is 10.6 Å². The zero-order valence-corrected chi connectivity index (χ0v) is 9.12. The van der Waals surface area contributed by atoms with Crippen LogP contribution in [0.1, 0.15) is 5.56 Å². The van der Waals surface area contributed by atoms with Crippen LogP contribution in [0.25, 0.3) is 0 Å². The maximum Gasteiger partial charge on any atom is 0.313 e. The normalized spacial score (nSPS) is 9.62. The van der Waals surface area contributed by atoms with Crippen molar-refractivity contribution in [1.82, 2.24) is 5.32 Å². The largest absolute Gasteiger partial charge is 0.347 e. The Morgan fingerprint density at radius 1 is 1.19 bits per heavy atom. The Balaban J connectivity index is 2.51. The Kier molecular flexibility index (Phi) is 4.47. The Hall–Kier alpha value is -1.88. The molecular formula is C11H15N3O2. The Labute approximate surface area is 94.0 Å². The van der Waals surface area contributed by atoms with Crippen LogP contribution in [0.4, 0.5) is 5.69 Å². The van der Waals surface area contributed by atoms with Gasteiger partial charge in [0.1, 0.15) is 0 Å². The highest BCUT2D eigenvalue weighted by Gasteiger charge is 2.12. The fourth-order valence-corrected chi connectivity index (χ4v) is 1.09. The molecule has 1 aromatic carbocycles. The van der Waals surface area contributed by atoms with Crippen molar-refractivity contribution in [2.24, 2.45) is 5.73 Å². The number of benzene rings is 1. The van der Waals surface area contributed by atoms with Crippen LogP contribution in [0.3, 0.4) is 0 Å². The van der Waals surface area contributed by atoms with Gasteiger partial charge in [-0.05, 0) is 19.1 Å². The van der Waals surface area contributed by atoms with Crippen molar-refractivity contribution < 1.29 is 9.59 Å². The number of nitrogens with two attached hydrogens (primary N) is 1. The van der Waals surface area contributed by atoms with Crippen molar-refractivity contribution >= 4 is 17.5 Å². The third-order valence-corrected chi connectivity index (χ3v) is 1.95. The minimum Gasteiger partial charge on any atom is -0.347 e. The van der Waals surface area contributed by atoms with E-state index in [-0.39, 0.29) is 0 Å². The monoisotopic (exact) mass is 221 g/mol. The number of amides is 2. The van der Waals surface area contributed by atoms with Crippen molar-refractivity contribution in [3.8, 4) is 0 Å². The quantitative estimate of drug-likeness (QED) is 0.628. The summed E-state index contributed by atoms with van der Waals surface area (Å²) < 4.78 is 0. The molecule has 0 atom stereocenters. The number of carbonyl (C=O) groups is 2. The number of rotatable bonds is 3. The summed E-state index contributed by atoms with van der Waals surface area (Å²) >= 11 is 0. The molecule has 4 N–H and O–H groups in total. The second-order valence-electron chi connectivity index (χ2n) is 3.36. The fourth-order valence-electron chi connectivity index (χ4n) is 1.09. The zero-order chi connectivity index (χ0) is 12.0. The summed E-state index contributed by atoms with van der Waals surface area (Å²) in [5, 5.41) is 4.87. The van der Waals surface area contributed by atoms with E-state index >= 15 is 0 Å². The molecule has 0 radical (unpaired) electrons. The third-order valence-electron chi connectivity index (χ3n) is 1.95. The van der Waals surface area contributed by atoms with E-state index in [1.807, 2.05) is 19.1 Å². The molecular weight excluding hydrogens is 206 g/mol. The Bertz CT molecular complexity index is 373. The van der Waals surface area contributed by atoms with Gasteiger partial charge < -0.3 is 16.4 Å². The highest BCUT2D eigenvalue weighted by molar-refractivity contribution is 6.39. The molecule has 0 heterocycles. The zero-order valence-electron chi connectivity index (χ0n) is 9.12. The van der Waals surface area contributed by atoms with Crippen LogP contribution in [-0.4, -0.2) is 24.9 Å². The molecule has 0 spiro atoms. The molecule has 0 saturated carbocycles. The molecule has 0 bridgehead atoms.